The minimum Gasteiger partial charge on any atom is -0.480 e. The summed E-state index contributed by atoms with van der Waals surface area (Å²) in [7, 11) is -3.63. The van der Waals surface area contributed by atoms with E-state index in [-0.39, 0.29) is 23.9 Å². The number of carboxylic acids is 1. The summed E-state index contributed by atoms with van der Waals surface area (Å²) in [6.45, 7) is 5.39. The Kier molecular flexibility index (Phi) is 4.19. The van der Waals surface area contributed by atoms with Gasteiger partial charge in [-0.25, -0.2) is 8.42 Å². The second-order valence-corrected chi connectivity index (χ2v) is 7.33. The Balaban J connectivity index is 2.71. The molecular formula is C11H20O5S. The van der Waals surface area contributed by atoms with Crippen LogP contribution in [0.3, 0.4) is 0 Å². The SMILES string of the molecule is CCC(C(=O)O)S(=O)(=O)CC1CCC(C)(C)O1. The second kappa shape index (κ2) is 4.94. The molecule has 0 spiro atoms. The highest BCUT2D eigenvalue weighted by Gasteiger charge is 2.38. The molecular weight excluding hydrogens is 244 g/mol. The normalized spacial score (nSPS) is 25.7. The summed E-state index contributed by atoms with van der Waals surface area (Å²) in [6, 6.07) is 0. The highest BCUT2D eigenvalue weighted by Crippen LogP contribution is 2.30. The zero-order chi connectivity index (χ0) is 13.3. The van der Waals surface area contributed by atoms with Crippen molar-refractivity contribution >= 4 is 15.8 Å². The van der Waals surface area contributed by atoms with Crippen LogP contribution in [0, 0.1) is 0 Å². The van der Waals surface area contributed by atoms with Crippen molar-refractivity contribution in [2.45, 2.75) is 57.0 Å². The standard InChI is InChI=1S/C11H20O5S/c1-4-9(10(12)13)17(14,15)7-8-5-6-11(2,3)16-8/h8-9H,4-7H2,1-3H3,(H,12,13). The molecule has 1 heterocycles. The van der Waals surface area contributed by atoms with Gasteiger partial charge in [0.05, 0.1) is 17.5 Å². The Morgan fingerprint density at radius 2 is 2.12 bits per heavy atom. The number of rotatable bonds is 5. The van der Waals surface area contributed by atoms with Gasteiger partial charge in [-0.2, -0.15) is 0 Å². The summed E-state index contributed by atoms with van der Waals surface area (Å²) in [5.74, 6) is -1.47. The minimum absolute atomic E-state index is 0.0911. The third-order valence-corrected chi connectivity index (χ3v) is 5.29. The molecule has 2 atom stereocenters. The van der Waals surface area contributed by atoms with Crippen LogP contribution < -0.4 is 0 Å². The molecule has 0 aromatic heterocycles. The summed E-state index contributed by atoms with van der Waals surface area (Å²) < 4.78 is 29.4. The van der Waals surface area contributed by atoms with Crippen molar-refractivity contribution in [3.63, 3.8) is 0 Å². The molecule has 17 heavy (non-hydrogen) atoms. The van der Waals surface area contributed by atoms with Gasteiger partial charge in [0.15, 0.2) is 15.1 Å². The fourth-order valence-corrected chi connectivity index (χ4v) is 3.95. The predicted molar refractivity (Wildman–Crippen MR) is 63.7 cm³/mol. The first-order valence-electron chi connectivity index (χ1n) is 5.80. The summed E-state index contributed by atoms with van der Waals surface area (Å²) in [5.41, 5.74) is -0.300. The third kappa shape index (κ3) is 3.67. The first-order valence-corrected chi connectivity index (χ1v) is 7.51. The molecule has 0 aromatic rings. The van der Waals surface area contributed by atoms with Crippen molar-refractivity contribution in [2.24, 2.45) is 0 Å². The number of aliphatic carboxylic acids is 1. The van der Waals surface area contributed by atoms with Gasteiger partial charge in [-0.1, -0.05) is 6.92 Å². The van der Waals surface area contributed by atoms with Gasteiger partial charge >= 0.3 is 5.97 Å². The van der Waals surface area contributed by atoms with E-state index in [0.717, 1.165) is 6.42 Å². The van der Waals surface area contributed by atoms with E-state index in [1.54, 1.807) is 6.92 Å². The molecule has 0 aromatic carbocycles. The highest BCUT2D eigenvalue weighted by molar-refractivity contribution is 7.92. The number of ether oxygens (including phenoxy) is 1. The predicted octanol–water partition coefficient (Wildman–Crippen LogP) is 1.22. The van der Waals surface area contributed by atoms with Gasteiger partial charge in [-0.3, -0.25) is 4.79 Å². The van der Waals surface area contributed by atoms with Gasteiger partial charge in [0.2, 0.25) is 0 Å². The van der Waals surface area contributed by atoms with Crippen molar-refractivity contribution in [1.29, 1.82) is 0 Å². The minimum atomic E-state index is -3.63. The van der Waals surface area contributed by atoms with Gasteiger partial charge in [0, 0.05) is 0 Å². The maximum absolute atomic E-state index is 11.9. The van der Waals surface area contributed by atoms with Crippen LogP contribution in [0.1, 0.15) is 40.0 Å². The van der Waals surface area contributed by atoms with Gasteiger partial charge in [0.25, 0.3) is 0 Å². The molecule has 1 aliphatic rings. The fourth-order valence-electron chi connectivity index (χ4n) is 2.15. The molecule has 1 N–H and O–H groups in total. The molecule has 6 heteroatoms. The van der Waals surface area contributed by atoms with Gasteiger partial charge in [-0.05, 0) is 33.1 Å². The topological polar surface area (TPSA) is 80.7 Å². The Morgan fingerprint density at radius 3 is 2.47 bits per heavy atom. The van der Waals surface area contributed by atoms with Crippen molar-refractivity contribution < 1.29 is 23.1 Å². The number of hydrogen-bond donors (Lipinski definition) is 1. The maximum Gasteiger partial charge on any atom is 0.321 e. The molecule has 100 valence electrons. The quantitative estimate of drug-likeness (QED) is 0.807. The Morgan fingerprint density at radius 1 is 1.53 bits per heavy atom. The number of carboxylic acid groups (broad SMARTS) is 1. The Bertz CT molecular complexity index is 385. The van der Waals surface area contributed by atoms with Crippen molar-refractivity contribution in [3.8, 4) is 0 Å². The number of hydrogen-bond acceptors (Lipinski definition) is 4. The summed E-state index contributed by atoms with van der Waals surface area (Å²) in [6.07, 6.45) is 1.19. The summed E-state index contributed by atoms with van der Waals surface area (Å²) in [5, 5.41) is 7.56. The van der Waals surface area contributed by atoms with E-state index in [1.165, 1.54) is 0 Å². The van der Waals surface area contributed by atoms with Crippen LogP contribution in [0.4, 0.5) is 0 Å². The molecule has 0 radical (unpaired) electrons. The van der Waals surface area contributed by atoms with Crippen molar-refractivity contribution in [2.75, 3.05) is 5.75 Å². The average molecular weight is 264 g/mol. The number of carbonyl (C=O) groups is 1. The largest absolute Gasteiger partial charge is 0.480 e. The maximum atomic E-state index is 11.9. The lowest BCUT2D eigenvalue weighted by Gasteiger charge is -2.20. The van der Waals surface area contributed by atoms with Crippen molar-refractivity contribution in [1.82, 2.24) is 0 Å². The molecule has 0 aliphatic carbocycles. The van der Waals surface area contributed by atoms with Gasteiger partial charge in [-0.15, -0.1) is 0 Å². The lowest BCUT2D eigenvalue weighted by molar-refractivity contribution is -0.136. The van der Waals surface area contributed by atoms with Crippen LogP contribution in [-0.4, -0.2) is 42.2 Å². The summed E-state index contributed by atoms with van der Waals surface area (Å²) >= 11 is 0. The molecule has 5 nitrogen and oxygen atoms in total. The Hall–Kier alpha value is -0.620. The van der Waals surface area contributed by atoms with Crippen LogP contribution in [0.2, 0.25) is 0 Å². The summed E-state index contributed by atoms with van der Waals surface area (Å²) in [4.78, 5) is 10.9. The molecule has 1 aliphatic heterocycles. The molecule has 1 saturated heterocycles. The van der Waals surface area contributed by atoms with E-state index < -0.39 is 21.1 Å². The first kappa shape index (κ1) is 14.4. The molecule has 0 saturated carbocycles. The zero-order valence-electron chi connectivity index (χ0n) is 10.5. The Labute approximate surface area is 102 Å². The molecule has 0 bridgehead atoms. The lowest BCUT2D eigenvalue weighted by Crippen LogP contribution is -2.36. The monoisotopic (exact) mass is 264 g/mol. The van der Waals surface area contributed by atoms with Crippen molar-refractivity contribution in [3.05, 3.63) is 0 Å². The first-order chi connectivity index (χ1) is 7.68. The van der Waals surface area contributed by atoms with Crippen LogP contribution in [0.15, 0.2) is 0 Å². The molecule has 1 fully saturated rings. The molecule has 0 amide bonds. The number of sulfone groups is 1. The third-order valence-electron chi connectivity index (χ3n) is 3.05. The molecule has 1 rings (SSSR count). The molecule has 2 unspecified atom stereocenters. The van der Waals surface area contributed by atoms with Crippen LogP contribution in [0.25, 0.3) is 0 Å². The van der Waals surface area contributed by atoms with Crippen LogP contribution in [0.5, 0.6) is 0 Å². The van der Waals surface area contributed by atoms with E-state index in [0.29, 0.717) is 6.42 Å². The zero-order valence-corrected chi connectivity index (χ0v) is 11.3. The highest BCUT2D eigenvalue weighted by atomic mass is 32.2. The van der Waals surface area contributed by atoms with E-state index in [2.05, 4.69) is 0 Å². The van der Waals surface area contributed by atoms with E-state index in [9.17, 15) is 13.2 Å². The average Bonchev–Trinajstić information content (AvgIpc) is 2.43. The smallest absolute Gasteiger partial charge is 0.321 e. The van der Waals surface area contributed by atoms with Gasteiger partial charge in [0.1, 0.15) is 0 Å². The fraction of sp³-hybridized carbons (Fsp3) is 0.909. The van der Waals surface area contributed by atoms with Gasteiger partial charge < -0.3 is 9.84 Å². The lowest BCUT2D eigenvalue weighted by atomic mass is 10.1. The van der Waals surface area contributed by atoms with Crippen LogP contribution >= 0.6 is 0 Å². The van der Waals surface area contributed by atoms with Crippen LogP contribution in [-0.2, 0) is 19.4 Å². The van der Waals surface area contributed by atoms with E-state index >= 15 is 0 Å². The van der Waals surface area contributed by atoms with E-state index in [4.69, 9.17) is 9.84 Å². The van der Waals surface area contributed by atoms with E-state index in [1.807, 2.05) is 13.8 Å². The second-order valence-electron chi connectivity index (χ2n) is 5.10.